The van der Waals surface area contributed by atoms with Gasteiger partial charge in [-0.15, -0.1) is 0 Å². The van der Waals surface area contributed by atoms with Gasteiger partial charge < -0.3 is 5.11 Å². The van der Waals surface area contributed by atoms with Gasteiger partial charge in [-0.25, -0.2) is 0 Å². The Labute approximate surface area is 62.5 Å². The van der Waals surface area contributed by atoms with Crippen LogP contribution >= 0.6 is 0 Å². The zero-order valence-corrected chi connectivity index (χ0v) is 7.88. The molecule has 0 rings (SSSR count). The van der Waals surface area contributed by atoms with Crippen molar-refractivity contribution >= 4 is 0 Å². The van der Waals surface area contributed by atoms with Crippen LogP contribution in [0.2, 0.25) is 0 Å². The minimum absolute atomic E-state index is 0. The van der Waals surface area contributed by atoms with Crippen molar-refractivity contribution in [2.24, 2.45) is 0 Å². The quantitative estimate of drug-likeness (QED) is 0.617. The molecule has 0 bridgehead atoms. The Morgan fingerprint density at radius 2 is 1.60 bits per heavy atom. The molecular weight excluding hydrogens is 269 g/mol. The molecule has 0 fully saturated rings. The summed E-state index contributed by atoms with van der Waals surface area (Å²) in [5, 5.41) is 7.57. The van der Waals surface area contributed by atoms with E-state index in [1.807, 2.05) is 0 Å². The summed E-state index contributed by atoms with van der Waals surface area (Å²) in [5.41, 5.74) is 0. The van der Waals surface area contributed by atoms with Gasteiger partial charge >= 0.3 is 0 Å². The van der Waals surface area contributed by atoms with E-state index in [1.165, 1.54) is 0 Å². The molecule has 0 aliphatic carbocycles. The van der Waals surface area contributed by atoms with Gasteiger partial charge in [-0.3, -0.25) is 0 Å². The number of aliphatic hydroxyl groups excluding tert-OH is 1. The Morgan fingerprint density at radius 1 is 1.60 bits per heavy atom. The molecule has 0 aromatic carbocycles. The normalized spacial score (nSPS) is 3.60. The van der Waals surface area contributed by atoms with E-state index in [1.54, 1.807) is 6.92 Å². The third-order valence-corrected chi connectivity index (χ3v) is 0. The molecule has 1 N–H and O–H groups in total. The molecule has 0 saturated heterocycles. The van der Waals surface area contributed by atoms with Gasteiger partial charge in [-0.1, -0.05) is 0 Å². The van der Waals surface area contributed by atoms with Crippen LogP contribution in [0, 0.1) is 0 Å². The van der Waals surface area contributed by atoms with E-state index in [9.17, 15) is 0 Å². The first-order chi connectivity index (χ1) is 1.41. The number of hydrogen-bond donors (Lipinski definition) is 1. The average molecular weight is 275 g/mol. The Kier molecular flexibility index (Phi) is 58.4. The van der Waals surface area contributed by atoms with Crippen molar-refractivity contribution in [1.29, 1.82) is 0 Å². The first-order valence-electron chi connectivity index (χ1n) is 1.02. The summed E-state index contributed by atoms with van der Waals surface area (Å²) in [7, 11) is 0. The van der Waals surface area contributed by atoms with Gasteiger partial charge in [0.15, 0.2) is 0 Å². The Morgan fingerprint density at radius 3 is 1.60 bits per heavy atom. The fraction of sp³-hybridized carbons (Fsp3) is 1.00. The fourth-order valence-corrected chi connectivity index (χ4v) is 0. The summed E-state index contributed by atoms with van der Waals surface area (Å²) < 4.78 is 0. The maximum atomic E-state index is 7.57. The van der Waals surface area contributed by atoms with Gasteiger partial charge in [0.1, 0.15) is 0 Å². The van der Waals surface area contributed by atoms with Crippen molar-refractivity contribution < 1.29 is 49.2 Å². The largest absolute Gasteiger partial charge is 0.397 e. The predicted octanol–water partition coefficient (Wildman–Crippen LogP) is -0.00640. The molecule has 29 valence electrons. The average Bonchev–Trinajstić information content (AvgIpc) is 0.918. The smallest absolute Gasteiger partial charge is 0.0402 e. The maximum absolute atomic E-state index is 7.57. The molecule has 0 heterocycles. The molecule has 0 aliphatic heterocycles. The summed E-state index contributed by atoms with van der Waals surface area (Å²) >= 11 is 0. The summed E-state index contributed by atoms with van der Waals surface area (Å²) in [6.45, 7) is 1.93. The van der Waals surface area contributed by atoms with E-state index in [0.717, 1.165) is 0 Å². The fourth-order valence-electron chi connectivity index (χ4n) is 0. The number of aliphatic hydroxyl groups is 1. The molecule has 0 spiro atoms. The summed E-state index contributed by atoms with van der Waals surface area (Å²) in [4.78, 5) is 0. The Balaban J connectivity index is -0.0000000200. The van der Waals surface area contributed by atoms with Crippen LogP contribution in [0.15, 0.2) is 0 Å². The van der Waals surface area contributed by atoms with Gasteiger partial charge in [-0.2, -0.15) is 0 Å². The second-order valence-corrected chi connectivity index (χ2v) is 0.316. The van der Waals surface area contributed by atoms with Crippen molar-refractivity contribution in [3.8, 4) is 0 Å². The monoisotopic (exact) mass is 275 g/mol. The molecule has 0 saturated carbocycles. The van der Waals surface area contributed by atoms with Crippen LogP contribution in [0.3, 0.4) is 0 Å². The van der Waals surface area contributed by atoms with Crippen molar-refractivity contribution in [2.75, 3.05) is 6.61 Å². The molecule has 0 aromatic rings. The van der Waals surface area contributed by atoms with E-state index in [2.05, 4.69) is 0 Å². The molecule has 0 amide bonds. The van der Waals surface area contributed by atoms with Crippen molar-refractivity contribution in [2.45, 2.75) is 6.92 Å². The summed E-state index contributed by atoms with van der Waals surface area (Å²) in [5.74, 6) is 0. The third-order valence-electron chi connectivity index (χ3n) is 0. The molecule has 3 heteroatoms. The van der Waals surface area contributed by atoms with Gasteiger partial charge in [0.2, 0.25) is 0 Å². The van der Waals surface area contributed by atoms with E-state index in [4.69, 9.17) is 5.11 Å². The van der Waals surface area contributed by atoms with E-state index >= 15 is 0 Å². The van der Waals surface area contributed by atoms with Gasteiger partial charge in [0.05, 0.1) is 0 Å². The second kappa shape index (κ2) is 18.1. The van der Waals surface area contributed by atoms with Crippen LogP contribution in [0.25, 0.3) is 0 Å². The maximum Gasteiger partial charge on any atom is 0.0402 e. The van der Waals surface area contributed by atoms with E-state index < -0.39 is 0 Å². The van der Waals surface area contributed by atoms with Crippen LogP contribution < -0.4 is 0 Å². The molecule has 0 atom stereocenters. The standard InChI is InChI=1S/C2H6O.Ta.Ti/c1-2-3;;/h3H,2H2,1H3;;. The van der Waals surface area contributed by atoms with Crippen LogP contribution in [0.4, 0.5) is 0 Å². The van der Waals surface area contributed by atoms with Crippen molar-refractivity contribution in [3.63, 3.8) is 0 Å². The Hall–Kier alpha value is 1.41. The van der Waals surface area contributed by atoms with E-state index in [0.29, 0.717) is 0 Å². The molecule has 0 aromatic heterocycles. The predicted molar refractivity (Wildman–Crippen MR) is 12.8 cm³/mol. The van der Waals surface area contributed by atoms with Crippen LogP contribution in [0.1, 0.15) is 6.92 Å². The SMILES string of the molecule is CCO.[Ta].[Ti]. The van der Waals surface area contributed by atoms with Gasteiger partial charge in [-0.05, 0) is 6.92 Å². The van der Waals surface area contributed by atoms with Gasteiger partial charge in [0, 0.05) is 50.7 Å². The first-order valence-corrected chi connectivity index (χ1v) is 1.02. The zero-order valence-electron chi connectivity index (χ0n) is 3.10. The Bertz CT molecular complexity index is 9.61. The van der Waals surface area contributed by atoms with Crippen molar-refractivity contribution in [1.82, 2.24) is 0 Å². The topological polar surface area (TPSA) is 20.2 Å². The summed E-state index contributed by atoms with van der Waals surface area (Å²) in [6, 6.07) is 0. The minimum atomic E-state index is 0. The van der Waals surface area contributed by atoms with E-state index in [-0.39, 0.29) is 50.7 Å². The molecule has 1 nitrogen and oxygen atoms in total. The molecule has 1 radical (unpaired) electrons. The third kappa shape index (κ3) is 31.5. The molecule has 5 heavy (non-hydrogen) atoms. The number of hydrogen-bond acceptors (Lipinski definition) is 1. The van der Waals surface area contributed by atoms with Crippen LogP contribution in [0.5, 0.6) is 0 Å². The van der Waals surface area contributed by atoms with Crippen LogP contribution in [-0.4, -0.2) is 11.7 Å². The molecule has 0 unspecified atom stereocenters. The zero-order chi connectivity index (χ0) is 2.71. The summed E-state index contributed by atoms with van der Waals surface area (Å²) in [6.07, 6.45) is 0. The van der Waals surface area contributed by atoms with Gasteiger partial charge in [0.25, 0.3) is 0 Å². The van der Waals surface area contributed by atoms with Crippen LogP contribution in [-0.2, 0) is 44.1 Å². The number of rotatable bonds is 0. The molecule has 0 aliphatic rings. The van der Waals surface area contributed by atoms with Crippen molar-refractivity contribution in [3.05, 3.63) is 0 Å². The molecular formula is C2H6OTaTi. The minimum Gasteiger partial charge on any atom is -0.397 e. The first kappa shape index (κ1) is 16.1. The second-order valence-electron chi connectivity index (χ2n) is 0.316.